The van der Waals surface area contributed by atoms with Gasteiger partial charge >= 0.3 is 0 Å². The molecule has 1 amide bonds. The van der Waals surface area contributed by atoms with Gasteiger partial charge in [-0.15, -0.1) is 0 Å². The first-order chi connectivity index (χ1) is 16.7. The summed E-state index contributed by atoms with van der Waals surface area (Å²) < 4.78 is 53.3. The molecule has 0 bridgehead atoms. The smallest absolute Gasteiger partial charge is 0.283 e. The number of hydrogen-bond donors (Lipinski definition) is 1. The molecule has 2 heterocycles. The van der Waals surface area contributed by atoms with E-state index in [4.69, 9.17) is 14.9 Å². The molecule has 12 heteroatoms. The fourth-order valence-electron chi connectivity index (χ4n) is 3.24. The van der Waals surface area contributed by atoms with Gasteiger partial charge in [-0.3, -0.25) is 10.2 Å². The molecule has 2 aromatic rings. The van der Waals surface area contributed by atoms with Crippen LogP contribution in [0.2, 0.25) is 0 Å². The molecule has 0 radical (unpaired) electrons. The first-order valence-electron chi connectivity index (χ1n) is 10.6. The maximum Gasteiger partial charge on any atom is 0.283 e. The zero-order chi connectivity index (χ0) is 25.2. The van der Waals surface area contributed by atoms with Crippen LogP contribution in [-0.4, -0.2) is 47.8 Å². The summed E-state index contributed by atoms with van der Waals surface area (Å²) in [6.07, 6.45) is 1.44. The summed E-state index contributed by atoms with van der Waals surface area (Å²) in [6.45, 7) is 3.84. The van der Waals surface area contributed by atoms with Crippen molar-refractivity contribution in [2.24, 2.45) is 9.39 Å². The number of fused-ring (bicyclic) bond motifs is 1. The van der Waals surface area contributed by atoms with Crippen molar-refractivity contribution in [3.8, 4) is 11.5 Å². The number of amidine groups is 3. The van der Waals surface area contributed by atoms with Gasteiger partial charge in [0.2, 0.25) is 20.2 Å². The number of amides is 1. The van der Waals surface area contributed by atoms with E-state index < -0.39 is 15.7 Å². The van der Waals surface area contributed by atoms with Gasteiger partial charge in [-0.25, -0.2) is 17.7 Å². The van der Waals surface area contributed by atoms with Crippen molar-refractivity contribution in [3.63, 3.8) is 0 Å². The Kier molecular flexibility index (Phi) is 7.03. The van der Waals surface area contributed by atoms with Crippen molar-refractivity contribution in [1.82, 2.24) is 4.90 Å². The van der Waals surface area contributed by atoms with Gasteiger partial charge in [0.1, 0.15) is 18.3 Å². The van der Waals surface area contributed by atoms with Crippen LogP contribution in [0.15, 0.2) is 57.4 Å². The summed E-state index contributed by atoms with van der Waals surface area (Å²) in [7, 11) is -3.73. The van der Waals surface area contributed by atoms with Crippen LogP contribution in [-0.2, 0) is 21.2 Å². The zero-order valence-electron chi connectivity index (χ0n) is 18.8. The Balaban J connectivity index is 1.61. The molecule has 1 N–H and O–H groups in total. The number of sulfone groups is 1. The largest absolute Gasteiger partial charge is 0.490 e. The maximum absolute atomic E-state index is 13.1. The second kappa shape index (κ2) is 10.0. The summed E-state index contributed by atoms with van der Waals surface area (Å²) in [6, 6.07) is 10.9. The average Bonchev–Trinajstić information content (AvgIpc) is 3.27. The molecule has 0 fully saturated rings. The number of halogens is 1. The van der Waals surface area contributed by atoms with Gasteiger partial charge in [0.15, 0.2) is 11.5 Å². The molecule has 0 aliphatic carbocycles. The van der Waals surface area contributed by atoms with E-state index in [9.17, 15) is 17.6 Å². The number of carbonyl (C=O) groups excluding carboxylic acids is 1. The average molecular weight is 517 g/mol. The highest BCUT2D eigenvalue weighted by Gasteiger charge is 2.42. The van der Waals surface area contributed by atoms with Crippen molar-refractivity contribution in [2.75, 3.05) is 12.4 Å². The lowest BCUT2D eigenvalue weighted by Gasteiger charge is -2.24. The summed E-state index contributed by atoms with van der Waals surface area (Å²) in [5, 5.41) is 8.22. The lowest BCUT2D eigenvalue weighted by atomic mass is 10.1. The van der Waals surface area contributed by atoms with E-state index in [2.05, 4.69) is 9.39 Å². The van der Waals surface area contributed by atoms with E-state index in [1.54, 1.807) is 30.3 Å². The van der Waals surface area contributed by atoms with Crippen LogP contribution in [0.3, 0.4) is 0 Å². The highest BCUT2D eigenvalue weighted by Crippen LogP contribution is 2.33. The second-order valence-corrected chi connectivity index (χ2v) is 10.3. The van der Waals surface area contributed by atoms with Gasteiger partial charge in [-0.05, 0) is 48.4 Å². The fourth-order valence-corrected chi connectivity index (χ4v) is 5.20. The van der Waals surface area contributed by atoms with Crippen LogP contribution in [0.4, 0.5) is 4.39 Å². The summed E-state index contributed by atoms with van der Waals surface area (Å²) in [4.78, 5) is 17.6. The van der Waals surface area contributed by atoms with Gasteiger partial charge in [0.05, 0.1) is 29.9 Å². The standard InChI is InChI=1S/C23H21FN4O5S2/c1-3-32-19-12-15(7-10-18(19)33-13-14-5-8-16(24)9-6-14)11-17-20(25)28-22(26-21(17)29)34-27-23(28)35(30,31)4-2/h5-12,25H,3-4,13H2,1-2H3/b17-11-,25-20?. The van der Waals surface area contributed by atoms with Crippen molar-refractivity contribution in [3.05, 3.63) is 65.0 Å². The molecule has 2 aliphatic heterocycles. The zero-order valence-corrected chi connectivity index (χ0v) is 20.5. The minimum Gasteiger partial charge on any atom is -0.490 e. The van der Waals surface area contributed by atoms with E-state index in [0.717, 1.165) is 22.4 Å². The predicted octanol–water partition coefficient (Wildman–Crippen LogP) is 3.81. The molecule has 0 unspecified atom stereocenters. The second-order valence-electron chi connectivity index (χ2n) is 7.36. The Labute approximate surface area is 205 Å². The number of rotatable bonds is 7. The number of nitrogens with zero attached hydrogens (tertiary/aromatic N) is 3. The van der Waals surface area contributed by atoms with Crippen LogP contribution < -0.4 is 9.47 Å². The Hall–Kier alpha value is -3.51. The molecule has 0 aromatic heterocycles. The van der Waals surface area contributed by atoms with Gasteiger partial charge in [0, 0.05) is 0 Å². The third-order valence-corrected chi connectivity index (χ3v) is 7.45. The monoisotopic (exact) mass is 516 g/mol. The Morgan fingerprint density at radius 3 is 2.54 bits per heavy atom. The molecule has 4 rings (SSSR count). The normalized spacial score (nSPS) is 16.8. The first-order valence-corrected chi connectivity index (χ1v) is 13.0. The minimum absolute atomic E-state index is 0.0312. The Morgan fingerprint density at radius 1 is 1.11 bits per heavy atom. The quantitative estimate of drug-likeness (QED) is 0.439. The first kappa shape index (κ1) is 24.6. The molecule has 0 saturated heterocycles. The summed E-state index contributed by atoms with van der Waals surface area (Å²) in [5.41, 5.74) is 1.22. The number of nitrogens with one attached hydrogen (secondary N) is 1. The van der Waals surface area contributed by atoms with Crippen LogP contribution in [0.1, 0.15) is 25.0 Å². The number of ether oxygens (including phenoxy) is 2. The van der Waals surface area contributed by atoms with Crippen LogP contribution >= 0.6 is 11.9 Å². The third kappa shape index (κ3) is 5.13. The Bertz CT molecular complexity index is 1390. The fraction of sp³-hybridized carbons (Fsp3) is 0.217. The molecule has 0 saturated carbocycles. The molecule has 2 aromatic carbocycles. The number of benzene rings is 2. The molecule has 9 nitrogen and oxygen atoms in total. The Morgan fingerprint density at radius 2 is 1.86 bits per heavy atom. The van der Waals surface area contributed by atoms with E-state index in [-0.39, 0.29) is 39.9 Å². The minimum atomic E-state index is -3.73. The molecule has 0 spiro atoms. The summed E-state index contributed by atoms with van der Waals surface area (Å²) >= 11 is 0.746. The van der Waals surface area contributed by atoms with Crippen LogP contribution in [0.25, 0.3) is 6.08 Å². The van der Waals surface area contributed by atoms with Crippen molar-refractivity contribution >= 4 is 49.9 Å². The van der Waals surface area contributed by atoms with E-state index in [1.165, 1.54) is 25.1 Å². The number of hydrogen-bond acceptors (Lipinski definition) is 8. The van der Waals surface area contributed by atoms with Gasteiger partial charge in [-0.2, -0.15) is 9.39 Å². The molecule has 35 heavy (non-hydrogen) atoms. The lowest BCUT2D eigenvalue weighted by molar-refractivity contribution is -0.114. The topological polar surface area (TPSA) is 121 Å². The third-order valence-electron chi connectivity index (χ3n) is 5.04. The molecular weight excluding hydrogens is 495 g/mol. The SMILES string of the molecule is CCOc1cc(/C=C2/C(=N)N3C(=NC2=O)SN=C3S(=O)(=O)CC)ccc1OCc1ccc(F)cc1. The molecular formula is C23H21FN4O5S2. The van der Waals surface area contributed by atoms with Crippen LogP contribution in [0, 0.1) is 11.2 Å². The highest BCUT2D eigenvalue weighted by atomic mass is 32.2. The lowest BCUT2D eigenvalue weighted by Crippen LogP contribution is -2.45. The van der Waals surface area contributed by atoms with E-state index in [1.807, 2.05) is 6.92 Å². The van der Waals surface area contributed by atoms with E-state index in [0.29, 0.717) is 23.7 Å². The van der Waals surface area contributed by atoms with Crippen molar-refractivity contribution in [1.29, 1.82) is 5.41 Å². The highest BCUT2D eigenvalue weighted by molar-refractivity contribution is 8.16. The van der Waals surface area contributed by atoms with Gasteiger partial charge in [0.25, 0.3) is 5.91 Å². The number of aliphatic imine (C=N–C) groups is 1. The predicted molar refractivity (Wildman–Crippen MR) is 133 cm³/mol. The van der Waals surface area contributed by atoms with Crippen molar-refractivity contribution in [2.45, 2.75) is 20.5 Å². The maximum atomic E-state index is 13.1. The molecule has 2 aliphatic rings. The van der Waals surface area contributed by atoms with Crippen molar-refractivity contribution < 1.29 is 27.1 Å². The molecule has 0 atom stereocenters. The van der Waals surface area contributed by atoms with E-state index >= 15 is 0 Å². The van der Waals surface area contributed by atoms with Gasteiger partial charge in [-0.1, -0.05) is 25.1 Å². The van der Waals surface area contributed by atoms with Crippen LogP contribution in [0.5, 0.6) is 11.5 Å². The summed E-state index contributed by atoms with van der Waals surface area (Å²) in [5.74, 6) is -0.672. The van der Waals surface area contributed by atoms with Gasteiger partial charge < -0.3 is 9.47 Å². The number of carbonyl (C=O) groups is 1. The molecule has 182 valence electrons.